The number of aromatic amines is 1. The summed E-state index contributed by atoms with van der Waals surface area (Å²) in [5.41, 5.74) is 0.789. The summed E-state index contributed by atoms with van der Waals surface area (Å²) >= 11 is 0. The van der Waals surface area contributed by atoms with E-state index >= 15 is 0 Å². The summed E-state index contributed by atoms with van der Waals surface area (Å²) in [5.74, 6) is 1.24. The molecule has 0 amide bonds. The van der Waals surface area contributed by atoms with Crippen LogP contribution in [0.5, 0.6) is 5.75 Å². The summed E-state index contributed by atoms with van der Waals surface area (Å²) in [5, 5.41) is 3.93. The average Bonchev–Trinajstić information content (AvgIpc) is 2.98. The van der Waals surface area contributed by atoms with Crippen molar-refractivity contribution in [3.8, 4) is 28.6 Å². The molecule has 6 heteroatoms. The van der Waals surface area contributed by atoms with Crippen LogP contribution < -0.4 is 10.3 Å². The molecule has 3 aromatic rings. The normalized spacial score (nSPS) is 10.5. The zero-order chi connectivity index (χ0) is 14.7. The third kappa shape index (κ3) is 2.55. The number of H-pyrrole nitrogens is 1. The van der Waals surface area contributed by atoms with Gasteiger partial charge in [-0.1, -0.05) is 17.3 Å². The summed E-state index contributed by atoms with van der Waals surface area (Å²) in [6, 6.07) is 10.7. The van der Waals surface area contributed by atoms with Gasteiger partial charge in [0.15, 0.2) is 0 Å². The minimum atomic E-state index is -0.272. The van der Waals surface area contributed by atoms with Crippen molar-refractivity contribution in [1.29, 1.82) is 0 Å². The van der Waals surface area contributed by atoms with Gasteiger partial charge < -0.3 is 14.2 Å². The molecule has 6 nitrogen and oxygen atoms in total. The van der Waals surface area contributed by atoms with Crippen LogP contribution in [0.4, 0.5) is 0 Å². The van der Waals surface area contributed by atoms with E-state index in [0.29, 0.717) is 23.7 Å². The topological polar surface area (TPSA) is 81.0 Å². The summed E-state index contributed by atoms with van der Waals surface area (Å²) in [6.07, 6.45) is 1.55. The molecule has 0 aliphatic carbocycles. The van der Waals surface area contributed by atoms with Crippen molar-refractivity contribution >= 4 is 0 Å². The van der Waals surface area contributed by atoms with Gasteiger partial charge in [0.2, 0.25) is 5.82 Å². The molecule has 1 aromatic carbocycles. The lowest BCUT2D eigenvalue weighted by atomic mass is 10.2. The van der Waals surface area contributed by atoms with Crippen molar-refractivity contribution in [2.45, 2.75) is 6.92 Å². The molecule has 0 saturated carbocycles. The van der Waals surface area contributed by atoms with Crippen molar-refractivity contribution in [1.82, 2.24) is 15.1 Å². The zero-order valence-electron chi connectivity index (χ0n) is 11.4. The number of pyridine rings is 1. The van der Waals surface area contributed by atoms with Gasteiger partial charge in [-0.05, 0) is 31.2 Å². The SMILES string of the molecule is CCOc1ccccc1-c1noc(-c2ccc[nH]c2=O)n1. The number of ether oxygens (including phenoxy) is 1. The molecule has 2 aromatic heterocycles. The van der Waals surface area contributed by atoms with Crippen LogP contribution in [-0.2, 0) is 0 Å². The highest BCUT2D eigenvalue weighted by molar-refractivity contribution is 5.65. The average molecular weight is 283 g/mol. The van der Waals surface area contributed by atoms with Crippen molar-refractivity contribution in [3.63, 3.8) is 0 Å². The first kappa shape index (κ1) is 13.1. The highest BCUT2D eigenvalue weighted by Gasteiger charge is 2.15. The van der Waals surface area contributed by atoms with Crippen molar-refractivity contribution in [2.75, 3.05) is 6.61 Å². The first-order valence-electron chi connectivity index (χ1n) is 6.53. The van der Waals surface area contributed by atoms with Gasteiger partial charge in [0, 0.05) is 6.20 Å². The maximum absolute atomic E-state index is 11.7. The molecule has 0 radical (unpaired) electrons. The lowest BCUT2D eigenvalue weighted by molar-refractivity contribution is 0.341. The van der Waals surface area contributed by atoms with Crippen molar-refractivity contribution < 1.29 is 9.26 Å². The van der Waals surface area contributed by atoms with Crippen molar-refractivity contribution in [2.24, 2.45) is 0 Å². The summed E-state index contributed by atoms with van der Waals surface area (Å²) in [4.78, 5) is 18.6. The Bertz CT molecular complexity index is 807. The van der Waals surface area contributed by atoms with E-state index < -0.39 is 0 Å². The molecule has 0 fully saturated rings. The van der Waals surface area contributed by atoms with Crippen LogP contribution in [0, 0.1) is 0 Å². The first-order chi connectivity index (χ1) is 10.3. The molecular weight excluding hydrogens is 270 g/mol. The highest BCUT2D eigenvalue weighted by atomic mass is 16.5. The number of rotatable bonds is 4. The van der Waals surface area contributed by atoms with Crippen LogP contribution in [0.1, 0.15) is 6.92 Å². The molecule has 2 heterocycles. The van der Waals surface area contributed by atoms with E-state index in [1.54, 1.807) is 18.3 Å². The smallest absolute Gasteiger partial charge is 0.263 e. The van der Waals surface area contributed by atoms with Crippen LogP contribution >= 0.6 is 0 Å². The third-order valence-corrected chi connectivity index (χ3v) is 2.90. The lowest BCUT2D eigenvalue weighted by Crippen LogP contribution is -2.06. The summed E-state index contributed by atoms with van der Waals surface area (Å²) < 4.78 is 10.7. The Morgan fingerprint density at radius 1 is 1.19 bits per heavy atom. The zero-order valence-corrected chi connectivity index (χ0v) is 11.4. The molecule has 0 saturated heterocycles. The minimum absolute atomic E-state index is 0.179. The van der Waals surface area contributed by atoms with E-state index in [2.05, 4.69) is 15.1 Å². The highest BCUT2D eigenvalue weighted by Crippen LogP contribution is 2.28. The van der Waals surface area contributed by atoms with Gasteiger partial charge in [-0.3, -0.25) is 4.79 Å². The molecular formula is C15H13N3O3. The monoisotopic (exact) mass is 283 g/mol. The molecule has 106 valence electrons. The van der Waals surface area contributed by atoms with Gasteiger partial charge in [-0.2, -0.15) is 4.98 Å². The van der Waals surface area contributed by atoms with Gasteiger partial charge in [0.25, 0.3) is 11.4 Å². The summed E-state index contributed by atoms with van der Waals surface area (Å²) in [7, 11) is 0. The second-order valence-corrected chi connectivity index (χ2v) is 4.27. The van der Waals surface area contributed by atoms with Gasteiger partial charge in [0.1, 0.15) is 11.3 Å². The molecule has 0 atom stereocenters. The largest absolute Gasteiger partial charge is 0.493 e. The van der Waals surface area contributed by atoms with Crippen molar-refractivity contribution in [3.05, 3.63) is 52.9 Å². The predicted octanol–water partition coefficient (Wildman–Crippen LogP) is 2.49. The quantitative estimate of drug-likeness (QED) is 0.795. The third-order valence-electron chi connectivity index (χ3n) is 2.90. The standard InChI is InChI=1S/C15H13N3O3/c1-2-20-12-8-4-3-6-10(12)13-17-15(21-18-13)11-7-5-9-16-14(11)19/h3-9H,2H2,1H3,(H,16,19). The Morgan fingerprint density at radius 2 is 2.00 bits per heavy atom. The molecule has 3 rings (SSSR count). The second kappa shape index (κ2) is 5.62. The van der Waals surface area contributed by atoms with Gasteiger partial charge in [0.05, 0.1) is 12.2 Å². The molecule has 0 spiro atoms. The fraction of sp³-hybridized carbons (Fsp3) is 0.133. The maximum atomic E-state index is 11.7. The van der Waals surface area contributed by atoms with E-state index in [9.17, 15) is 4.79 Å². The Morgan fingerprint density at radius 3 is 2.81 bits per heavy atom. The molecule has 0 unspecified atom stereocenters. The van der Waals surface area contributed by atoms with Gasteiger partial charge in [-0.25, -0.2) is 0 Å². The minimum Gasteiger partial charge on any atom is -0.493 e. The van der Waals surface area contributed by atoms with E-state index in [4.69, 9.17) is 9.26 Å². The molecule has 21 heavy (non-hydrogen) atoms. The summed E-state index contributed by atoms with van der Waals surface area (Å²) in [6.45, 7) is 2.45. The van der Waals surface area contributed by atoms with Gasteiger partial charge in [-0.15, -0.1) is 0 Å². The molecule has 0 aliphatic heterocycles. The number of para-hydroxylation sites is 1. The molecule has 1 N–H and O–H groups in total. The van der Waals surface area contributed by atoms with E-state index in [1.807, 2.05) is 31.2 Å². The fourth-order valence-electron chi connectivity index (χ4n) is 1.97. The fourth-order valence-corrected chi connectivity index (χ4v) is 1.97. The molecule has 0 aliphatic rings. The number of hydrogen-bond donors (Lipinski definition) is 1. The van der Waals surface area contributed by atoms with E-state index in [0.717, 1.165) is 5.56 Å². The van der Waals surface area contributed by atoms with Gasteiger partial charge >= 0.3 is 0 Å². The molecule has 0 bridgehead atoms. The van der Waals surface area contributed by atoms with E-state index in [-0.39, 0.29) is 11.4 Å². The van der Waals surface area contributed by atoms with E-state index in [1.165, 1.54) is 0 Å². The second-order valence-electron chi connectivity index (χ2n) is 4.27. The van der Waals surface area contributed by atoms with Crippen LogP contribution in [0.2, 0.25) is 0 Å². The number of aromatic nitrogens is 3. The number of nitrogens with zero attached hydrogens (tertiary/aromatic N) is 2. The van der Waals surface area contributed by atoms with Crippen LogP contribution in [0.15, 0.2) is 51.9 Å². The Labute approximate surface area is 120 Å². The Balaban J connectivity index is 2.03. The number of hydrogen-bond acceptors (Lipinski definition) is 5. The lowest BCUT2D eigenvalue weighted by Gasteiger charge is -2.05. The predicted molar refractivity (Wildman–Crippen MR) is 77.0 cm³/mol. The maximum Gasteiger partial charge on any atom is 0.263 e. The first-order valence-corrected chi connectivity index (χ1v) is 6.53. The Kier molecular flexibility index (Phi) is 3.51. The number of nitrogens with one attached hydrogen (secondary N) is 1. The van der Waals surface area contributed by atoms with Crippen LogP contribution in [0.3, 0.4) is 0 Å². The Hall–Kier alpha value is -2.89. The number of benzene rings is 1. The van der Waals surface area contributed by atoms with Crippen LogP contribution in [-0.4, -0.2) is 21.7 Å². The van der Waals surface area contributed by atoms with Crippen LogP contribution in [0.25, 0.3) is 22.8 Å².